The third-order valence-corrected chi connectivity index (χ3v) is 4.13. The molecule has 1 fully saturated rings. The second-order valence-corrected chi connectivity index (χ2v) is 5.88. The monoisotopic (exact) mass is 330 g/mol. The molecule has 1 amide bonds. The molecule has 0 aliphatic carbocycles. The van der Waals surface area contributed by atoms with E-state index in [1.807, 2.05) is 38.2 Å². The van der Waals surface area contributed by atoms with Gasteiger partial charge in [-0.3, -0.25) is 9.89 Å². The normalized spacial score (nSPS) is 18.4. The van der Waals surface area contributed by atoms with Crippen LogP contribution in [0, 0.1) is 6.92 Å². The van der Waals surface area contributed by atoms with Gasteiger partial charge < -0.3 is 19.7 Å². The number of aryl methyl sites for hydroxylation is 1. The number of aromatic amines is 1. The highest BCUT2D eigenvalue weighted by atomic mass is 16.5. The van der Waals surface area contributed by atoms with Gasteiger partial charge in [0.1, 0.15) is 11.9 Å². The van der Waals surface area contributed by atoms with Gasteiger partial charge in [0.15, 0.2) is 5.82 Å². The third kappa shape index (κ3) is 3.27. The van der Waals surface area contributed by atoms with E-state index in [-0.39, 0.29) is 5.91 Å². The molecule has 1 aliphatic heterocycles. The summed E-state index contributed by atoms with van der Waals surface area (Å²) in [5, 5.41) is 10.1. The summed E-state index contributed by atoms with van der Waals surface area (Å²) in [5.41, 5.74) is 2.56. The molecule has 1 aromatic heterocycles. The predicted molar refractivity (Wildman–Crippen MR) is 91.2 cm³/mol. The van der Waals surface area contributed by atoms with Gasteiger partial charge in [0, 0.05) is 24.3 Å². The summed E-state index contributed by atoms with van der Waals surface area (Å²) in [6.07, 6.45) is -0.494. The number of methoxy groups -OCH3 is 1. The SMILES string of the molecule is COc1ccccc1-c1c(NC(=O)C2CN(C)CCO2)n[nH]c1C. The number of rotatable bonds is 4. The molecule has 7 nitrogen and oxygen atoms in total. The van der Waals surface area contributed by atoms with Crippen molar-refractivity contribution in [2.45, 2.75) is 13.0 Å². The number of ether oxygens (including phenoxy) is 2. The number of aromatic nitrogens is 2. The van der Waals surface area contributed by atoms with Crippen LogP contribution in [-0.2, 0) is 9.53 Å². The van der Waals surface area contributed by atoms with Gasteiger partial charge >= 0.3 is 0 Å². The number of carbonyl (C=O) groups is 1. The lowest BCUT2D eigenvalue weighted by Crippen LogP contribution is -2.46. The van der Waals surface area contributed by atoms with Crippen LogP contribution in [0.25, 0.3) is 11.1 Å². The molecule has 1 aromatic carbocycles. The van der Waals surface area contributed by atoms with Crippen LogP contribution in [-0.4, -0.2) is 61.0 Å². The van der Waals surface area contributed by atoms with E-state index in [9.17, 15) is 4.79 Å². The zero-order valence-corrected chi connectivity index (χ0v) is 14.1. The summed E-state index contributed by atoms with van der Waals surface area (Å²) >= 11 is 0. The molecule has 7 heteroatoms. The highest BCUT2D eigenvalue weighted by Crippen LogP contribution is 2.36. The minimum absolute atomic E-state index is 0.191. The van der Waals surface area contributed by atoms with Crippen LogP contribution >= 0.6 is 0 Å². The van der Waals surface area contributed by atoms with Crippen molar-refractivity contribution >= 4 is 11.7 Å². The van der Waals surface area contributed by atoms with Crippen LogP contribution in [0.3, 0.4) is 0 Å². The topological polar surface area (TPSA) is 79.5 Å². The molecule has 1 unspecified atom stereocenters. The molecule has 128 valence electrons. The van der Waals surface area contributed by atoms with Crippen LogP contribution in [0.2, 0.25) is 0 Å². The third-order valence-electron chi connectivity index (χ3n) is 4.13. The molecule has 0 bridgehead atoms. The Hall–Kier alpha value is -2.38. The molecule has 2 heterocycles. The number of para-hydroxylation sites is 1. The number of nitrogens with one attached hydrogen (secondary N) is 2. The molecular weight excluding hydrogens is 308 g/mol. The lowest BCUT2D eigenvalue weighted by molar-refractivity contribution is -0.132. The Morgan fingerprint density at radius 2 is 2.25 bits per heavy atom. The quantitative estimate of drug-likeness (QED) is 0.891. The summed E-state index contributed by atoms with van der Waals surface area (Å²) in [6.45, 7) is 3.86. The fourth-order valence-electron chi connectivity index (χ4n) is 2.83. The minimum atomic E-state index is -0.494. The number of nitrogens with zero attached hydrogens (tertiary/aromatic N) is 2. The van der Waals surface area contributed by atoms with Gasteiger partial charge in [0.2, 0.25) is 0 Å². The first-order valence-electron chi connectivity index (χ1n) is 7.89. The van der Waals surface area contributed by atoms with Crippen molar-refractivity contribution in [1.82, 2.24) is 15.1 Å². The van der Waals surface area contributed by atoms with Crippen molar-refractivity contribution < 1.29 is 14.3 Å². The molecule has 24 heavy (non-hydrogen) atoms. The fourth-order valence-corrected chi connectivity index (χ4v) is 2.83. The van der Waals surface area contributed by atoms with Crippen LogP contribution < -0.4 is 10.1 Å². The lowest BCUT2D eigenvalue weighted by atomic mass is 10.0. The van der Waals surface area contributed by atoms with E-state index in [2.05, 4.69) is 20.4 Å². The number of likely N-dealkylation sites (N-methyl/N-ethyl adjacent to an activating group) is 1. The first kappa shape index (κ1) is 16.5. The number of amides is 1. The maximum atomic E-state index is 12.5. The first-order chi connectivity index (χ1) is 11.6. The Kier molecular flexibility index (Phi) is 4.82. The number of benzene rings is 1. The summed E-state index contributed by atoms with van der Waals surface area (Å²) in [6, 6.07) is 7.65. The minimum Gasteiger partial charge on any atom is -0.496 e. The van der Waals surface area contributed by atoms with E-state index in [4.69, 9.17) is 9.47 Å². The second kappa shape index (κ2) is 7.02. The van der Waals surface area contributed by atoms with Crippen molar-refractivity contribution in [2.75, 3.05) is 39.2 Å². The van der Waals surface area contributed by atoms with E-state index in [1.54, 1.807) is 7.11 Å². The van der Waals surface area contributed by atoms with Crippen molar-refractivity contribution in [1.29, 1.82) is 0 Å². The number of anilines is 1. The maximum Gasteiger partial charge on any atom is 0.256 e. The largest absolute Gasteiger partial charge is 0.496 e. The van der Waals surface area contributed by atoms with Crippen molar-refractivity contribution in [3.8, 4) is 16.9 Å². The average molecular weight is 330 g/mol. The van der Waals surface area contributed by atoms with E-state index < -0.39 is 6.10 Å². The average Bonchev–Trinajstić information content (AvgIpc) is 2.95. The zero-order chi connectivity index (χ0) is 17.1. The highest BCUT2D eigenvalue weighted by molar-refractivity contribution is 5.98. The standard InChI is InChI=1S/C17H22N4O3/c1-11-15(12-6-4-5-7-13(12)23-3)16(20-19-11)18-17(22)14-10-21(2)8-9-24-14/h4-7,14H,8-10H2,1-3H3,(H2,18,19,20,22). The van der Waals surface area contributed by atoms with Gasteiger partial charge in [0.05, 0.1) is 19.3 Å². The summed E-state index contributed by atoms with van der Waals surface area (Å²) in [7, 11) is 3.60. The summed E-state index contributed by atoms with van der Waals surface area (Å²) < 4.78 is 11.0. The first-order valence-corrected chi connectivity index (χ1v) is 7.89. The highest BCUT2D eigenvalue weighted by Gasteiger charge is 2.27. The molecular formula is C17H22N4O3. The number of hydrogen-bond donors (Lipinski definition) is 2. The molecule has 2 aromatic rings. The number of hydrogen-bond acceptors (Lipinski definition) is 5. The van der Waals surface area contributed by atoms with E-state index in [0.29, 0.717) is 19.0 Å². The van der Waals surface area contributed by atoms with Gasteiger partial charge in [0.25, 0.3) is 5.91 Å². The molecule has 2 N–H and O–H groups in total. The van der Waals surface area contributed by atoms with Crippen LogP contribution in [0.15, 0.2) is 24.3 Å². The number of carbonyl (C=O) groups excluding carboxylic acids is 1. The van der Waals surface area contributed by atoms with Crippen LogP contribution in [0.4, 0.5) is 5.82 Å². The molecule has 1 aliphatic rings. The van der Waals surface area contributed by atoms with Crippen molar-refractivity contribution in [3.05, 3.63) is 30.0 Å². The molecule has 3 rings (SSSR count). The number of morpholine rings is 1. The Morgan fingerprint density at radius 1 is 1.46 bits per heavy atom. The number of H-pyrrole nitrogens is 1. The smallest absolute Gasteiger partial charge is 0.256 e. The van der Waals surface area contributed by atoms with Crippen LogP contribution in [0.5, 0.6) is 5.75 Å². The Labute approximate surface area is 140 Å². The van der Waals surface area contributed by atoms with Crippen molar-refractivity contribution in [2.24, 2.45) is 0 Å². The summed E-state index contributed by atoms with van der Waals surface area (Å²) in [4.78, 5) is 14.6. The maximum absolute atomic E-state index is 12.5. The van der Waals surface area contributed by atoms with Gasteiger partial charge in [-0.25, -0.2) is 0 Å². The Morgan fingerprint density at radius 3 is 3.00 bits per heavy atom. The van der Waals surface area contributed by atoms with Crippen molar-refractivity contribution in [3.63, 3.8) is 0 Å². The predicted octanol–water partition coefficient (Wildman–Crippen LogP) is 1.66. The molecule has 0 radical (unpaired) electrons. The van der Waals surface area contributed by atoms with Gasteiger partial charge in [-0.1, -0.05) is 18.2 Å². The second-order valence-electron chi connectivity index (χ2n) is 5.88. The van der Waals surface area contributed by atoms with E-state index in [1.165, 1.54) is 0 Å². The summed E-state index contributed by atoms with van der Waals surface area (Å²) in [5.74, 6) is 1.02. The lowest BCUT2D eigenvalue weighted by Gasteiger charge is -2.28. The fraction of sp³-hybridized carbons (Fsp3) is 0.412. The molecule has 0 saturated carbocycles. The molecule has 0 spiro atoms. The molecule has 1 atom stereocenters. The van der Waals surface area contributed by atoms with Crippen LogP contribution in [0.1, 0.15) is 5.69 Å². The van der Waals surface area contributed by atoms with E-state index in [0.717, 1.165) is 29.1 Å². The van der Waals surface area contributed by atoms with Gasteiger partial charge in [-0.05, 0) is 20.0 Å². The zero-order valence-electron chi connectivity index (χ0n) is 14.1. The van der Waals surface area contributed by atoms with Gasteiger partial charge in [-0.15, -0.1) is 0 Å². The Bertz CT molecular complexity index is 728. The molecule has 1 saturated heterocycles. The van der Waals surface area contributed by atoms with E-state index >= 15 is 0 Å². The van der Waals surface area contributed by atoms with Gasteiger partial charge in [-0.2, -0.15) is 5.10 Å². The Balaban J connectivity index is 1.86.